The number of carbonyl (C=O) groups is 1. The number of hydrogen-bond acceptors (Lipinski definition) is 3. The Morgan fingerprint density at radius 3 is 2.27 bits per heavy atom. The third kappa shape index (κ3) is 5.09. The number of nitrogens with two attached hydrogens (primary N) is 1. The minimum atomic E-state index is -0.809. The van der Waals surface area contributed by atoms with E-state index in [0.29, 0.717) is 18.1 Å². The summed E-state index contributed by atoms with van der Waals surface area (Å²) in [6.45, 7) is 8.29. The van der Waals surface area contributed by atoms with Crippen LogP contribution in [0.5, 0.6) is 0 Å². The van der Waals surface area contributed by atoms with E-state index in [-0.39, 0.29) is 6.04 Å². The van der Waals surface area contributed by atoms with Crippen LogP contribution in [0.3, 0.4) is 0 Å². The fourth-order valence-electron chi connectivity index (χ4n) is 1.20. The van der Waals surface area contributed by atoms with Gasteiger partial charge in [-0.05, 0) is 27.7 Å². The van der Waals surface area contributed by atoms with Crippen LogP contribution in [0.1, 0.15) is 27.7 Å². The maximum atomic E-state index is 11.0. The highest BCUT2D eigenvalue weighted by Crippen LogP contribution is 2.18. The predicted molar refractivity (Wildman–Crippen MR) is 64.9 cm³/mol. The van der Waals surface area contributed by atoms with Gasteiger partial charge in [-0.25, -0.2) is 0 Å². The number of hydrogen-bond donors (Lipinski definition) is 2. The number of carboxylic acids is 1. The second kappa shape index (κ2) is 5.42. The fraction of sp³-hybridized carbons (Fsp3) is 0.800. The van der Waals surface area contributed by atoms with E-state index in [4.69, 9.17) is 23.1 Å². The van der Waals surface area contributed by atoms with E-state index >= 15 is 0 Å². The van der Waals surface area contributed by atoms with Gasteiger partial charge in [-0.2, -0.15) is 0 Å². The molecule has 0 aliphatic heterocycles. The van der Waals surface area contributed by atoms with Crippen molar-refractivity contribution in [2.75, 3.05) is 13.1 Å². The molecule has 0 aromatic rings. The zero-order valence-corrected chi connectivity index (χ0v) is 10.6. The van der Waals surface area contributed by atoms with Gasteiger partial charge in [-0.1, -0.05) is 12.2 Å². The summed E-state index contributed by atoms with van der Waals surface area (Å²) in [5.41, 5.74) is 4.69. The van der Waals surface area contributed by atoms with E-state index in [1.165, 1.54) is 0 Å². The molecule has 4 nitrogen and oxygen atoms in total. The largest absolute Gasteiger partial charge is 0.481 e. The molecule has 0 bridgehead atoms. The van der Waals surface area contributed by atoms with E-state index in [2.05, 4.69) is 0 Å². The van der Waals surface area contributed by atoms with Crippen LogP contribution in [0.4, 0.5) is 0 Å². The highest BCUT2D eigenvalue weighted by atomic mass is 32.1. The van der Waals surface area contributed by atoms with E-state index < -0.39 is 11.4 Å². The van der Waals surface area contributed by atoms with Crippen LogP contribution < -0.4 is 5.73 Å². The molecule has 3 N–H and O–H groups in total. The molecule has 0 aromatic heterocycles. The summed E-state index contributed by atoms with van der Waals surface area (Å²) >= 11 is 4.83. The van der Waals surface area contributed by atoms with E-state index in [0.717, 1.165) is 0 Å². The summed E-state index contributed by atoms with van der Waals surface area (Å²) in [6.07, 6.45) is 0. The normalized spacial score (nSPS) is 12.1. The molecule has 0 spiro atoms. The Morgan fingerprint density at radius 1 is 1.53 bits per heavy atom. The first-order valence-corrected chi connectivity index (χ1v) is 5.33. The van der Waals surface area contributed by atoms with Crippen LogP contribution in [0, 0.1) is 5.41 Å². The number of thiocarbonyl (C=S) groups is 1. The Kier molecular flexibility index (Phi) is 5.17. The van der Waals surface area contributed by atoms with Crippen molar-refractivity contribution in [3.05, 3.63) is 0 Å². The number of aliphatic carboxylic acids is 1. The van der Waals surface area contributed by atoms with Gasteiger partial charge in [0.1, 0.15) is 0 Å². The van der Waals surface area contributed by atoms with Crippen molar-refractivity contribution in [1.29, 1.82) is 0 Å². The second-order valence-corrected chi connectivity index (χ2v) is 5.18. The van der Waals surface area contributed by atoms with Crippen molar-refractivity contribution in [2.24, 2.45) is 11.1 Å². The zero-order chi connectivity index (χ0) is 12.2. The monoisotopic (exact) mass is 232 g/mol. The second-order valence-electron chi connectivity index (χ2n) is 4.65. The number of carboxylic acid groups (broad SMARTS) is 1. The molecule has 0 fully saturated rings. The molecular weight excluding hydrogens is 212 g/mol. The van der Waals surface area contributed by atoms with E-state index in [1.54, 1.807) is 13.8 Å². The van der Waals surface area contributed by atoms with Crippen molar-refractivity contribution in [3.63, 3.8) is 0 Å². The van der Waals surface area contributed by atoms with Gasteiger partial charge in [-0.15, -0.1) is 0 Å². The molecule has 0 saturated heterocycles. The molecule has 0 unspecified atom stereocenters. The molecule has 0 rings (SSSR count). The summed E-state index contributed by atoms with van der Waals surface area (Å²) < 4.78 is 0. The Bertz CT molecular complexity index is 252. The van der Waals surface area contributed by atoms with Gasteiger partial charge in [-0.3, -0.25) is 9.69 Å². The Balaban J connectivity index is 4.54. The molecule has 0 radical (unpaired) electrons. The lowest BCUT2D eigenvalue weighted by atomic mass is 9.92. The van der Waals surface area contributed by atoms with Crippen molar-refractivity contribution < 1.29 is 9.90 Å². The molecular formula is C10H20N2O2S. The lowest BCUT2D eigenvalue weighted by Gasteiger charge is -2.32. The maximum absolute atomic E-state index is 11.0. The molecule has 15 heavy (non-hydrogen) atoms. The summed E-state index contributed by atoms with van der Waals surface area (Å²) in [6, 6.07) is 0.227. The van der Waals surface area contributed by atoms with Crippen LogP contribution in [0.2, 0.25) is 0 Å². The van der Waals surface area contributed by atoms with E-state index in [9.17, 15) is 4.79 Å². The molecule has 0 aliphatic rings. The van der Waals surface area contributed by atoms with Crippen LogP contribution in [-0.4, -0.2) is 40.1 Å². The molecule has 88 valence electrons. The maximum Gasteiger partial charge on any atom is 0.310 e. The Labute approximate surface area is 96.4 Å². The summed E-state index contributed by atoms with van der Waals surface area (Å²) in [5.74, 6) is -0.809. The highest BCUT2D eigenvalue weighted by molar-refractivity contribution is 7.80. The van der Waals surface area contributed by atoms with Crippen LogP contribution in [-0.2, 0) is 4.79 Å². The summed E-state index contributed by atoms with van der Waals surface area (Å²) in [5, 5.41) is 9.02. The van der Waals surface area contributed by atoms with Gasteiger partial charge in [0.25, 0.3) is 0 Å². The predicted octanol–water partition coefficient (Wildman–Crippen LogP) is 1.09. The Hall–Kier alpha value is -0.680. The van der Waals surface area contributed by atoms with Gasteiger partial charge < -0.3 is 10.8 Å². The molecule has 0 atom stereocenters. The minimum absolute atomic E-state index is 0.227. The van der Waals surface area contributed by atoms with Gasteiger partial charge >= 0.3 is 5.97 Å². The number of nitrogens with zero attached hydrogens (tertiary/aromatic N) is 1. The van der Waals surface area contributed by atoms with Crippen LogP contribution in [0.25, 0.3) is 0 Å². The standard InChI is InChI=1S/C10H20N2O2S/c1-7(2)12(5-8(11)15)6-10(3,4)9(13)14/h7H,5-6H2,1-4H3,(H2,11,15)(H,13,14). The summed E-state index contributed by atoms with van der Waals surface area (Å²) in [4.78, 5) is 13.3. The van der Waals surface area contributed by atoms with Gasteiger partial charge in [0.15, 0.2) is 0 Å². The molecule has 0 saturated carbocycles. The topological polar surface area (TPSA) is 66.6 Å². The Morgan fingerprint density at radius 2 is 2.00 bits per heavy atom. The fourth-order valence-corrected chi connectivity index (χ4v) is 1.36. The van der Waals surface area contributed by atoms with Crippen molar-refractivity contribution in [3.8, 4) is 0 Å². The van der Waals surface area contributed by atoms with Crippen molar-refractivity contribution in [1.82, 2.24) is 4.90 Å². The quantitative estimate of drug-likeness (QED) is 0.671. The smallest absolute Gasteiger partial charge is 0.310 e. The lowest BCUT2D eigenvalue weighted by Crippen LogP contribution is -2.45. The zero-order valence-electron chi connectivity index (χ0n) is 9.78. The molecule has 0 aliphatic carbocycles. The van der Waals surface area contributed by atoms with Gasteiger partial charge in [0.2, 0.25) is 0 Å². The average Bonchev–Trinajstić information content (AvgIpc) is 2.01. The first-order chi connectivity index (χ1) is 6.66. The van der Waals surface area contributed by atoms with E-state index in [1.807, 2.05) is 18.7 Å². The first kappa shape index (κ1) is 14.3. The lowest BCUT2D eigenvalue weighted by molar-refractivity contribution is -0.148. The van der Waals surface area contributed by atoms with Gasteiger partial charge in [0, 0.05) is 19.1 Å². The third-order valence-electron chi connectivity index (χ3n) is 2.27. The SMILES string of the molecule is CC(C)N(CC(N)=S)CC(C)(C)C(=O)O. The van der Waals surface area contributed by atoms with Crippen molar-refractivity contribution in [2.45, 2.75) is 33.7 Å². The van der Waals surface area contributed by atoms with Crippen LogP contribution in [0.15, 0.2) is 0 Å². The third-order valence-corrected chi connectivity index (χ3v) is 2.40. The van der Waals surface area contributed by atoms with Crippen molar-refractivity contribution >= 4 is 23.2 Å². The van der Waals surface area contributed by atoms with Gasteiger partial charge in [0.05, 0.1) is 10.4 Å². The highest BCUT2D eigenvalue weighted by Gasteiger charge is 2.30. The molecule has 0 heterocycles. The first-order valence-electron chi connectivity index (χ1n) is 4.92. The molecule has 5 heteroatoms. The number of rotatable bonds is 6. The molecule has 0 amide bonds. The summed E-state index contributed by atoms with van der Waals surface area (Å²) in [7, 11) is 0. The van der Waals surface area contributed by atoms with Crippen LogP contribution >= 0.6 is 12.2 Å². The average molecular weight is 232 g/mol. The molecule has 0 aromatic carbocycles. The minimum Gasteiger partial charge on any atom is -0.481 e.